The summed E-state index contributed by atoms with van der Waals surface area (Å²) in [5, 5.41) is 0. The van der Waals surface area contributed by atoms with Crippen LogP contribution in [0.1, 0.15) is 0 Å². The Hall–Kier alpha value is -1.23. The first-order chi connectivity index (χ1) is 8.68. The van der Waals surface area contributed by atoms with Crippen LogP contribution in [-0.4, -0.2) is 36.2 Å². The Balaban J connectivity index is 2.85. The SMILES string of the molecule is CNS(=O)(=O)CCNS(=O)(=O)c1cc(N)ccc1F. The van der Waals surface area contributed by atoms with Crippen LogP contribution < -0.4 is 15.2 Å². The van der Waals surface area contributed by atoms with Crippen molar-refractivity contribution in [3.8, 4) is 0 Å². The van der Waals surface area contributed by atoms with Crippen molar-refractivity contribution in [2.45, 2.75) is 4.90 Å². The van der Waals surface area contributed by atoms with Gasteiger partial charge in [0.15, 0.2) is 0 Å². The molecule has 0 bridgehead atoms. The first-order valence-corrected chi connectivity index (χ1v) is 8.27. The Morgan fingerprint density at radius 3 is 2.47 bits per heavy atom. The third kappa shape index (κ3) is 4.42. The fraction of sp³-hybridized carbons (Fsp3) is 0.333. The van der Waals surface area contributed by atoms with Crippen LogP contribution in [0.5, 0.6) is 0 Å². The van der Waals surface area contributed by atoms with E-state index < -0.39 is 36.5 Å². The average molecular weight is 311 g/mol. The molecule has 1 aromatic rings. The number of nitrogens with one attached hydrogen (secondary N) is 2. The second kappa shape index (κ2) is 5.82. The molecule has 0 saturated heterocycles. The zero-order valence-corrected chi connectivity index (χ0v) is 11.7. The minimum absolute atomic E-state index is 0.0876. The summed E-state index contributed by atoms with van der Waals surface area (Å²) in [5.74, 6) is -1.41. The molecule has 0 atom stereocenters. The standard InChI is InChI=1S/C9H14FN3O4S2/c1-12-18(14,15)5-4-13-19(16,17)9-6-7(11)2-3-8(9)10/h2-3,6,12-13H,4-5,11H2,1H3. The third-order valence-electron chi connectivity index (χ3n) is 2.22. The molecule has 0 aliphatic rings. The van der Waals surface area contributed by atoms with Crippen LogP contribution in [0.3, 0.4) is 0 Å². The molecule has 19 heavy (non-hydrogen) atoms. The maximum atomic E-state index is 13.4. The van der Waals surface area contributed by atoms with Crippen LogP contribution in [0.2, 0.25) is 0 Å². The zero-order chi connectivity index (χ0) is 14.7. The number of nitrogen functional groups attached to an aromatic ring is 1. The van der Waals surface area contributed by atoms with E-state index in [-0.39, 0.29) is 12.2 Å². The van der Waals surface area contributed by atoms with E-state index in [2.05, 4.69) is 0 Å². The zero-order valence-electron chi connectivity index (χ0n) is 10.1. The van der Waals surface area contributed by atoms with Gasteiger partial charge < -0.3 is 5.73 Å². The second-order valence-corrected chi connectivity index (χ2v) is 7.39. The summed E-state index contributed by atoms with van der Waals surface area (Å²) in [4.78, 5) is -0.616. The predicted octanol–water partition coefficient (Wildman–Crippen LogP) is -0.765. The van der Waals surface area contributed by atoms with Crippen molar-refractivity contribution >= 4 is 25.7 Å². The molecule has 7 nitrogen and oxygen atoms in total. The lowest BCUT2D eigenvalue weighted by Gasteiger charge is -2.08. The van der Waals surface area contributed by atoms with Crippen LogP contribution in [-0.2, 0) is 20.0 Å². The molecule has 0 heterocycles. The van der Waals surface area contributed by atoms with Crippen molar-refractivity contribution in [2.24, 2.45) is 0 Å². The number of hydrogen-bond donors (Lipinski definition) is 3. The van der Waals surface area contributed by atoms with Gasteiger partial charge in [0.1, 0.15) is 10.7 Å². The van der Waals surface area contributed by atoms with Crippen LogP contribution >= 0.6 is 0 Å². The lowest BCUT2D eigenvalue weighted by molar-refractivity contribution is 0.558. The monoisotopic (exact) mass is 311 g/mol. The largest absolute Gasteiger partial charge is 0.399 e. The number of hydrogen-bond acceptors (Lipinski definition) is 5. The molecule has 1 rings (SSSR count). The highest BCUT2D eigenvalue weighted by atomic mass is 32.2. The summed E-state index contributed by atoms with van der Waals surface area (Å²) in [6.45, 7) is -0.375. The smallest absolute Gasteiger partial charge is 0.243 e. The molecule has 108 valence electrons. The van der Waals surface area contributed by atoms with E-state index in [0.29, 0.717) is 0 Å². The molecular formula is C9H14FN3O4S2. The molecule has 0 radical (unpaired) electrons. The molecule has 0 spiro atoms. The molecule has 0 amide bonds. The normalized spacial score (nSPS) is 12.5. The minimum atomic E-state index is -4.14. The van der Waals surface area contributed by atoms with Gasteiger partial charge in [0.05, 0.1) is 5.75 Å². The summed E-state index contributed by atoms with van der Waals surface area (Å²) < 4.78 is 63.1. The maximum absolute atomic E-state index is 13.4. The van der Waals surface area contributed by atoms with E-state index in [1.807, 2.05) is 9.44 Å². The predicted molar refractivity (Wildman–Crippen MR) is 68.8 cm³/mol. The van der Waals surface area contributed by atoms with Gasteiger partial charge in [0.2, 0.25) is 20.0 Å². The molecule has 0 aliphatic heterocycles. The molecule has 4 N–H and O–H groups in total. The number of nitrogens with two attached hydrogens (primary N) is 1. The van der Waals surface area contributed by atoms with E-state index in [9.17, 15) is 21.2 Å². The lowest BCUT2D eigenvalue weighted by Crippen LogP contribution is -2.33. The van der Waals surface area contributed by atoms with Gasteiger partial charge in [-0.25, -0.2) is 30.7 Å². The van der Waals surface area contributed by atoms with Gasteiger partial charge in [0, 0.05) is 12.2 Å². The van der Waals surface area contributed by atoms with E-state index in [0.717, 1.165) is 12.1 Å². The Kier molecular flexibility index (Phi) is 4.85. The van der Waals surface area contributed by atoms with Crippen molar-refractivity contribution in [3.63, 3.8) is 0 Å². The Morgan fingerprint density at radius 1 is 1.26 bits per heavy atom. The Bertz CT molecular complexity index is 658. The molecule has 1 aromatic carbocycles. The van der Waals surface area contributed by atoms with Crippen LogP contribution in [0.4, 0.5) is 10.1 Å². The summed E-state index contributed by atoms with van der Waals surface area (Å²) in [6.07, 6.45) is 0. The van der Waals surface area contributed by atoms with Crippen LogP contribution in [0.15, 0.2) is 23.1 Å². The first kappa shape index (κ1) is 15.8. The molecule has 0 unspecified atom stereocenters. The lowest BCUT2D eigenvalue weighted by atomic mass is 10.3. The molecule has 0 aromatic heterocycles. The maximum Gasteiger partial charge on any atom is 0.243 e. The van der Waals surface area contributed by atoms with E-state index in [1.54, 1.807) is 0 Å². The van der Waals surface area contributed by atoms with Crippen molar-refractivity contribution in [1.82, 2.24) is 9.44 Å². The first-order valence-electron chi connectivity index (χ1n) is 5.14. The number of halogens is 1. The average Bonchev–Trinajstić information content (AvgIpc) is 2.31. The molecule has 0 fully saturated rings. The topological polar surface area (TPSA) is 118 Å². The molecule has 0 saturated carbocycles. The van der Waals surface area contributed by atoms with Crippen molar-refractivity contribution < 1.29 is 21.2 Å². The molecular weight excluding hydrogens is 297 g/mol. The van der Waals surface area contributed by atoms with Crippen LogP contribution in [0.25, 0.3) is 0 Å². The van der Waals surface area contributed by atoms with Gasteiger partial charge in [0.25, 0.3) is 0 Å². The third-order valence-corrected chi connectivity index (χ3v) is 5.06. The van der Waals surface area contributed by atoms with Gasteiger partial charge in [-0.3, -0.25) is 0 Å². The summed E-state index contributed by atoms with van der Waals surface area (Å²) in [6, 6.07) is 3.11. The second-order valence-electron chi connectivity index (χ2n) is 3.61. The fourth-order valence-corrected chi connectivity index (χ4v) is 3.06. The number of benzene rings is 1. The molecule has 10 heteroatoms. The summed E-state index contributed by atoms with van der Waals surface area (Å²) >= 11 is 0. The minimum Gasteiger partial charge on any atom is -0.399 e. The highest BCUT2D eigenvalue weighted by molar-refractivity contribution is 7.90. The van der Waals surface area contributed by atoms with Crippen LogP contribution in [0, 0.1) is 5.82 Å². The van der Waals surface area contributed by atoms with E-state index in [1.165, 1.54) is 13.1 Å². The number of sulfonamides is 2. The summed E-state index contributed by atoms with van der Waals surface area (Å²) in [7, 11) is -6.47. The van der Waals surface area contributed by atoms with Gasteiger partial charge in [-0.1, -0.05) is 0 Å². The molecule has 0 aliphatic carbocycles. The van der Waals surface area contributed by atoms with Gasteiger partial charge in [-0.2, -0.15) is 0 Å². The quantitative estimate of drug-likeness (QED) is 0.597. The van der Waals surface area contributed by atoms with Crippen molar-refractivity contribution in [3.05, 3.63) is 24.0 Å². The van der Waals surface area contributed by atoms with Gasteiger partial charge >= 0.3 is 0 Å². The van der Waals surface area contributed by atoms with Gasteiger partial charge in [-0.05, 0) is 25.2 Å². The van der Waals surface area contributed by atoms with Crippen molar-refractivity contribution in [2.75, 3.05) is 25.1 Å². The van der Waals surface area contributed by atoms with E-state index >= 15 is 0 Å². The number of rotatable bonds is 6. The Morgan fingerprint density at radius 2 is 1.89 bits per heavy atom. The van der Waals surface area contributed by atoms with E-state index in [4.69, 9.17) is 5.73 Å². The number of anilines is 1. The van der Waals surface area contributed by atoms with Gasteiger partial charge in [-0.15, -0.1) is 0 Å². The fourth-order valence-electron chi connectivity index (χ4n) is 1.22. The van der Waals surface area contributed by atoms with Crippen molar-refractivity contribution in [1.29, 1.82) is 0 Å². The summed E-state index contributed by atoms with van der Waals surface area (Å²) in [5.41, 5.74) is 5.47. The highest BCUT2D eigenvalue weighted by Crippen LogP contribution is 2.17. The Labute approximate surface area is 111 Å². The highest BCUT2D eigenvalue weighted by Gasteiger charge is 2.19.